The highest BCUT2D eigenvalue weighted by Crippen LogP contribution is 2.33. The van der Waals surface area contributed by atoms with Crippen LogP contribution in [0.5, 0.6) is 0 Å². The molecule has 0 unspecified atom stereocenters. The molecule has 2 heterocycles. The highest BCUT2D eigenvalue weighted by atomic mass is 32.2. The second-order valence-corrected chi connectivity index (χ2v) is 10.4. The van der Waals surface area contributed by atoms with Crippen LogP contribution in [0.4, 0.5) is 0 Å². The Morgan fingerprint density at radius 3 is 2.35 bits per heavy atom. The molecule has 7 heteroatoms. The fraction of sp³-hybridized carbons (Fsp3) is 0.684. The highest BCUT2D eigenvalue weighted by molar-refractivity contribution is 7.99. The Balaban J connectivity index is 1.81. The Morgan fingerprint density at radius 2 is 1.69 bits per heavy atom. The molecule has 1 aromatic rings. The van der Waals surface area contributed by atoms with Crippen molar-refractivity contribution >= 4 is 21.8 Å². The van der Waals surface area contributed by atoms with Crippen LogP contribution in [0.3, 0.4) is 0 Å². The van der Waals surface area contributed by atoms with E-state index in [-0.39, 0.29) is 5.54 Å². The number of hydrogen-bond donors (Lipinski definition) is 1. The van der Waals surface area contributed by atoms with Gasteiger partial charge < -0.3 is 4.74 Å². The van der Waals surface area contributed by atoms with E-state index in [4.69, 9.17) is 4.74 Å². The average molecular weight is 399 g/mol. The number of aryl methyl sites for hydroxylation is 3. The lowest BCUT2D eigenvalue weighted by molar-refractivity contribution is -0.0242. The summed E-state index contributed by atoms with van der Waals surface area (Å²) in [4.78, 5) is 2.86. The van der Waals surface area contributed by atoms with Crippen molar-refractivity contribution in [2.75, 3.05) is 44.4 Å². The van der Waals surface area contributed by atoms with Crippen LogP contribution in [-0.2, 0) is 14.8 Å². The van der Waals surface area contributed by atoms with Gasteiger partial charge in [-0.15, -0.1) is 0 Å². The Morgan fingerprint density at radius 1 is 1.08 bits per heavy atom. The van der Waals surface area contributed by atoms with Crippen LogP contribution in [0, 0.1) is 20.8 Å². The first kappa shape index (κ1) is 20.1. The van der Waals surface area contributed by atoms with Crippen molar-refractivity contribution in [3.8, 4) is 0 Å². The summed E-state index contributed by atoms with van der Waals surface area (Å²) >= 11 is 1.96. The van der Waals surface area contributed by atoms with Crippen LogP contribution < -0.4 is 4.72 Å². The van der Waals surface area contributed by atoms with Crippen molar-refractivity contribution in [2.45, 2.75) is 44.0 Å². The average Bonchev–Trinajstić information content (AvgIpc) is 2.64. The first-order valence-electron chi connectivity index (χ1n) is 9.32. The molecule has 0 atom stereocenters. The van der Waals surface area contributed by atoms with Gasteiger partial charge in [0, 0.05) is 25.2 Å². The van der Waals surface area contributed by atoms with Gasteiger partial charge in [-0.3, -0.25) is 4.90 Å². The number of hydrogen-bond acceptors (Lipinski definition) is 5. The summed E-state index contributed by atoms with van der Waals surface area (Å²) in [6, 6.07) is 3.75. The predicted molar refractivity (Wildman–Crippen MR) is 108 cm³/mol. The van der Waals surface area contributed by atoms with Crippen LogP contribution in [-0.4, -0.2) is 63.2 Å². The Hall–Kier alpha value is -0.600. The molecule has 26 heavy (non-hydrogen) atoms. The number of rotatable bonds is 5. The summed E-state index contributed by atoms with van der Waals surface area (Å²) in [6.45, 7) is 9.55. The van der Waals surface area contributed by atoms with Gasteiger partial charge in [0.25, 0.3) is 0 Å². The molecule has 2 fully saturated rings. The van der Waals surface area contributed by atoms with E-state index in [1.165, 1.54) is 0 Å². The van der Waals surface area contributed by atoms with Crippen LogP contribution in [0.2, 0.25) is 0 Å². The maximum atomic E-state index is 13.0. The molecule has 2 aliphatic rings. The fourth-order valence-electron chi connectivity index (χ4n) is 3.92. The maximum absolute atomic E-state index is 13.0. The van der Waals surface area contributed by atoms with Gasteiger partial charge >= 0.3 is 0 Å². The standard InChI is InChI=1S/C19H30N2O3S2/c1-15-12-17(3)18(13-16(15)2)26(22,23)20-14-19(4-10-25-11-5-19)21-6-8-24-9-7-21/h12-13,20H,4-11,14H2,1-3H3. The molecule has 2 saturated heterocycles. The molecule has 0 spiro atoms. The maximum Gasteiger partial charge on any atom is 0.240 e. The SMILES string of the molecule is Cc1cc(C)c(S(=O)(=O)NCC2(N3CCOCC3)CCSCC2)cc1C. The number of morpholine rings is 1. The van der Waals surface area contributed by atoms with E-state index in [1.54, 1.807) is 6.07 Å². The molecule has 3 rings (SSSR count). The van der Waals surface area contributed by atoms with Gasteiger partial charge in [0.1, 0.15) is 0 Å². The summed E-state index contributed by atoms with van der Waals surface area (Å²) in [6.07, 6.45) is 2.04. The van der Waals surface area contributed by atoms with Crippen molar-refractivity contribution in [3.05, 3.63) is 28.8 Å². The fourth-order valence-corrected chi connectivity index (χ4v) is 6.61. The van der Waals surface area contributed by atoms with Gasteiger partial charge in [0.15, 0.2) is 0 Å². The number of sulfonamides is 1. The number of thioether (sulfide) groups is 1. The molecular weight excluding hydrogens is 368 g/mol. The quantitative estimate of drug-likeness (QED) is 0.826. The minimum Gasteiger partial charge on any atom is -0.379 e. The minimum absolute atomic E-state index is 0.0876. The number of benzene rings is 1. The lowest BCUT2D eigenvalue weighted by atomic mass is 9.89. The summed E-state index contributed by atoms with van der Waals surface area (Å²) in [7, 11) is -3.52. The monoisotopic (exact) mass is 398 g/mol. The smallest absolute Gasteiger partial charge is 0.240 e. The van der Waals surface area contributed by atoms with Gasteiger partial charge in [-0.1, -0.05) is 6.07 Å². The third-order valence-corrected chi connectivity index (χ3v) is 8.31. The van der Waals surface area contributed by atoms with Crippen LogP contribution >= 0.6 is 11.8 Å². The van der Waals surface area contributed by atoms with E-state index in [9.17, 15) is 8.42 Å². The first-order valence-corrected chi connectivity index (χ1v) is 12.0. The molecule has 0 aliphatic carbocycles. The summed E-state index contributed by atoms with van der Waals surface area (Å²) in [5.41, 5.74) is 2.85. The second kappa shape index (κ2) is 8.19. The van der Waals surface area contributed by atoms with Gasteiger partial charge in [0.05, 0.1) is 18.1 Å². The Bertz CT molecular complexity index is 737. The molecule has 5 nitrogen and oxygen atoms in total. The topological polar surface area (TPSA) is 58.6 Å². The number of ether oxygens (including phenoxy) is 1. The van der Waals surface area contributed by atoms with E-state index in [0.717, 1.165) is 67.3 Å². The number of nitrogens with zero attached hydrogens (tertiary/aromatic N) is 1. The van der Waals surface area contributed by atoms with E-state index in [2.05, 4.69) is 9.62 Å². The van der Waals surface area contributed by atoms with E-state index in [1.807, 2.05) is 38.6 Å². The largest absolute Gasteiger partial charge is 0.379 e. The van der Waals surface area contributed by atoms with Gasteiger partial charge in [0.2, 0.25) is 10.0 Å². The van der Waals surface area contributed by atoms with E-state index in [0.29, 0.717) is 11.4 Å². The third kappa shape index (κ3) is 4.28. The number of nitrogens with one attached hydrogen (secondary N) is 1. The van der Waals surface area contributed by atoms with Crippen LogP contribution in [0.25, 0.3) is 0 Å². The Labute approximate surface area is 161 Å². The zero-order valence-electron chi connectivity index (χ0n) is 16.0. The molecule has 146 valence electrons. The third-order valence-electron chi connectivity index (χ3n) is 5.78. The van der Waals surface area contributed by atoms with Gasteiger partial charge in [-0.05, 0) is 67.9 Å². The predicted octanol–water partition coefficient (Wildman–Crippen LogP) is 2.49. The van der Waals surface area contributed by atoms with E-state index >= 15 is 0 Å². The zero-order chi connectivity index (χ0) is 18.8. The molecule has 0 amide bonds. The zero-order valence-corrected chi connectivity index (χ0v) is 17.6. The molecule has 1 N–H and O–H groups in total. The lowest BCUT2D eigenvalue weighted by Gasteiger charge is -2.48. The summed E-state index contributed by atoms with van der Waals surface area (Å²) in [5.74, 6) is 2.17. The molecule has 1 aromatic carbocycles. The minimum atomic E-state index is -3.52. The second-order valence-electron chi connectivity index (χ2n) is 7.46. The van der Waals surface area contributed by atoms with Crippen LogP contribution in [0.15, 0.2) is 17.0 Å². The molecule has 0 bridgehead atoms. The highest BCUT2D eigenvalue weighted by Gasteiger charge is 2.39. The summed E-state index contributed by atoms with van der Waals surface area (Å²) < 4.78 is 34.5. The van der Waals surface area contributed by atoms with Gasteiger partial charge in [-0.2, -0.15) is 11.8 Å². The molecular formula is C19H30N2O3S2. The Kier molecular flexibility index (Phi) is 6.34. The van der Waals surface area contributed by atoms with E-state index < -0.39 is 10.0 Å². The van der Waals surface area contributed by atoms with Crippen molar-refractivity contribution in [1.82, 2.24) is 9.62 Å². The summed E-state index contributed by atoms with van der Waals surface area (Å²) in [5, 5.41) is 0. The molecule has 2 aliphatic heterocycles. The van der Waals surface area contributed by atoms with Crippen molar-refractivity contribution < 1.29 is 13.2 Å². The lowest BCUT2D eigenvalue weighted by Crippen LogP contribution is -2.60. The van der Waals surface area contributed by atoms with Crippen molar-refractivity contribution in [3.63, 3.8) is 0 Å². The van der Waals surface area contributed by atoms with Crippen molar-refractivity contribution in [2.24, 2.45) is 0 Å². The normalized spacial score (nSPS) is 21.7. The molecule has 0 saturated carbocycles. The van der Waals surface area contributed by atoms with Gasteiger partial charge in [-0.25, -0.2) is 13.1 Å². The first-order chi connectivity index (χ1) is 12.3. The van der Waals surface area contributed by atoms with Crippen LogP contribution in [0.1, 0.15) is 29.5 Å². The molecule has 0 aromatic heterocycles. The van der Waals surface area contributed by atoms with Crippen molar-refractivity contribution in [1.29, 1.82) is 0 Å². The molecule has 0 radical (unpaired) electrons.